The Hall–Kier alpha value is -2.37. The minimum atomic E-state index is -0.454. The highest BCUT2D eigenvalue weighted by Crippen LogP contribution is 2.44. The summed E-state index contributed by atoms with van der Waals surface area (Å²) >= 11 is 0. The number of ether oxygens (including phenoxy) is 2. The van der Waals surface area contributed by atoms with Crippen molar-refractivity contribution >= 4 is 6.09 Å². The van der Waals surface area contributed by atoms with Crippen molar-refractivity contribution in [3.63, 3.8) is 0 Å². The van der Waals surface area contributed by atoms with E-state index in [0.29, 0.717) is 19.8 Å². The van der Waals surface area contributed by atoms with Crippen LogP contribution in [-0.4, -0.2) is 44.2 Å². The predicted molar refractivity (Wildman–Crippen MR) is 104 cm³/mol. The summed E-state index contributed by atoms with van der Waals surface area (Å²) in [6.07, 6.45) is -0.454. The molecule has 0 saturated heterocycles. The van der Waals surface area contributed by atoms with Gasteiger partial charge in [-0.1, -0.05) is 63.4 Å². The fraction of sp³-hybridized carbons (Fsp3) is 0.381. The smallest absolute Gasteiger partial charge is 0.407 e. The van der Waals surface area contributed by atoms with E-state index in [1.807, 2.05) is 24.3 Å². The molecule has 0 atom stereocenters. The molecule has 2 aromatic rings. The number of carbonyl (C=O) groups is 1. The third kappa shape index (κ3) is 4.84. The quantitative estimate of drug-likeness (QED) is 0.738. The Kier molecular flexibility index (Phi) is 8.82. The highest BCUT2D eigenvalue weighted by molar-refractivity contribution is 5.79. The predicted octanol–water partition coefficient (Wildman–Crippen LogP) is 3.81. The molecular weight excluding hydrogens is 330 g/mol. The molecule has 0 heterocycles. The van der Waals surface area contributed by atoms with E-state index in [2.05, 4.69) is 29.6 Å². The van der Waals surface area contributed by atoms with E-state index in [0.717, 1.165) is 0 Å². The number of amides is 1. The Morgan fingerprint density at radius 1 is 0.962 bits per heavy atom. The van der Waals surface area contributed by atoms with E-state index >= 15 is 0 Å². The number of nitrogens with one attached hydrogen (secondary N) is 1. The number of benzene rings is 2. The number of rotatable bonds is 7. The molecule has 2 aromatic carbocycles. The molecule has 5 nitrogen and oxygen atoms in total. The molecule has 3 rings (SSSR count). The van der Waals surface area contributed by atoms with Gasteiger partial charge in [0.05, 0.1) is 19.8 Å². The van der Waals surface area contributed by atoms with Crippen molar-refractivity contribution in [1.82, 2.24) is 5.32 Å². The number of alkyl carbamates (subject to hydrolysis) is 1. The fourth-order valence-electron chi connectivity index (χ4n) is 3.04. The summed E-state index contributed by atoms with van der Waals surface area (Å²) in [5.41, 5.74) is 4.80. The first-order valence-electron chi connectivity index (χ1n) is 8.08. The average molecular weight is 359 g/mol. The normalized spacial score (nSPS) is 11.6. The minimum absolute atomic E-state index is 0. The van der Waals surface area contributed by atoms with Crippen molar-refractivity contribution in [3.8, 4) is 11.1 Å². The van der Waals surface area contributed by atoms with E-state index in [4.69, 9.17) is 14.6 Å². The molecule has 0 radical (unpaired) electrons. The third-order valence-corrected chi connectivity index (χ3v) is 4.10. The maximum atomic E-state index is 11.8. The van der Waals surface area contributed by atoms with Crippen molar-refractivity contribution in [2.45, 2.75) is 20.8 Å². The number of hydrogen-bond acceptors (Lipinski definition) is 4. The van der Waals surface area contributed by atoms with Gasteiger partial charge in [0.25, 0.3) is 0 Å². The third-order valence-electron chi connectivity index (χ3n) is 4.10. The first-order valence-corrected chi connectivity index (χ1v) is 8.08. The van der Waals surface area contributed by atoms with Gasteiger partial charge < -0.3 is 19.9 Å². The van der Waals surface area contributed by atoms with Crippen molar-refractivity contribution in [2.75, 3.05) is 33.0 Å². The summed E-state index contributed by atoms with van der Waals surface area (Å²) in [7, 11) is 0. The van der Waals surface area contributed by atoms with E-state index in [1.165, 1.54) is 22.3 Å². The van der Waals surface area contributed by atoms with Crippen LogP contribution in [0.5, 0.6) is 0 Å². The molecule has 0 aromatic heterocycles. The molecule has 26 heavy (non-hydrogen) atoms. The van der Waals surface area contributed by atoms with Crippen molar-refractivity contribution in [2.24, 2.45) is 0 Å². The lowest BCUT2D eigenvalue weighted by Gasteiger charge is -2.14. The zero-order chi connectivity index (χ0) is 16.8. The molecule has 0 bridgehead atoms. The zero-order valence-corrected chi connectivity index (χ0v) is 13.4. The van der Waals surface area contributed by atoms with Crippen LogP contribution in [0.4, 0.5) is 4.79 Å². The van der Waals surface area contributed by atoms with Crippen LogP contribution in [-0.2, 0) is 9.47 Å². The Labute approximate surface area is 156 Å². The summed E-state index contributed by atoms with van der Waals surface area (Å²) in [6.45, 7) is 1.26. The Morgan fingerprint density at radius 2 is 1.54 bits per heavy atom. The average Bonchev–Trinajstić information content (AvgIpc) is 2.94. The standard InChI is InChI=1S/C19H21NO4.2CH4/c21-10-12-23-11-9-20-19(22)24-13-18-16-7-3-1-5-14(16)15-6-2-4-8-17(15)18;;/h1-8,18,21H,9-13H2,(H,20,22);2*1H4. The SMILES string of the molecule is C.C.O=C(NCCOCCO)OCC1c2ccccc2-c2ccccc21. The second-order valence-electron chi connectivity index (χ2n) is 5.59. The van der Waals surface area contributed by atoms with Gasteiger partial charge in [-0.15, -0.1) is 0 Å². The molecular formula is C21H29NO4. The van der Waals surface area contributed by atoms with Gasteiger partial charge in [0.15, 0.2) is 0 Å². The number of aliphatic hydroxyl groups is 1. The van der Waals surface area contributed by atoms with Gasteiger partial charge in [-0.25, -0.2) is 4.79 Å². The molecule has 2 N–H and O–H groups in total. The first kappa shape index (κ1) is 21.7. The molecule has 1 aliphatic carbocycles. The summed E-state index contributed by atoms with van der Waals surface area (Å²) in [5, 5.41) is 11.2. The maximum Gasteiger partial charge on any atom is 0.407 e. The van der Waals surface area contributed by atoms with Gasteiger partial charge in [-0.2, -0.15) is 0 Å². The van der Waals surface area contributed by atoms with Crippen LogP contribution >= 0.6 is 0 Å². The van der Waals surface area contributed by atoms with Crippen LogP contribution in [0, 0.1) is 0 Å². The second-order valence-corrected chi connectivity index (χ2v) is 5.59. The zero-order valence-electron chi connectivity index (χ0n) is 13.4. The highest BCUT2D eigenvalue weighted by atomic mass is 16.5. The van der Waals surface area contributed by atoms with Crippen LogP contribution in [0.15, 0.2) is 48.5 Å². The monoisotopic (exact) mass is 359 g/mol. The lowest BCUT2D eigenvalue weighted by atomic mass is 9.98. The van der Waals surface area contributed by atoms with Crippen LogP contribution < -0.4 is 5.32 Å². The number of aliphatic hydroxyl groups excluding tert-OH is 1. The Balaban J connectivity index is 0.00000169. The Bertz CT molecular complexity index is 656. The van der Waals surface area contributed by atoms with E-state index in [-0.39, 0.29) is 34.0 Å². The molecule has 0 saturated carbocycles. The number of carbonyl (C=O) groups excluding carboxylic acids is 1. The Morgan fingerprint density at radius 3 is 2.12 bits per heavy atom. The molecule has 1 aliphatic rings. The lowest BCUT2D eigenvalue weighted by molar-refractivity contribution is 0.0905. The van der Waals surface area contributed by atoms with Crippen LogP contribution in [0.2, 0.25) is 0 Å². The summed E-state index contributed by atoms with van der Waals surface area (Å²) < 4.78 is 10.5. The lowest BCUT2D eigenvalue weighted by Crippen LogP contribution is -2.29. The van der Waals surface area contributed by atoms with Crippen molar-refractivity contribution in [3.05, 3.63) is 59.7 Å². The van der Waals surface area contributed by atoms with Gasteiger partial charge in [-0.3, -0.25) is 0 Å². The molecule has 0 fully saturated rings. The van der Waals surface area contributed by atoms with Crippen LogP contribution in [0.25, 0.3) is 11.1 Å². The topological polar surface area (TPSA) is 67.8 Å². The van der Waals surface area contributed by atoms with E-state index in [9.17, 15) is 4.79 Å². The van der Waals surface area contributed by atoms with Gasteiger partial charge in [-0.05, 0) is 22.3 Å². The van der Waals surface area contributed by atoms with Crippen molar-refractivity contribution < 1.29 is 19.4 Å². The second kappa shape index (κ2) is 10.6. The summed E-state index contributed by atoms with van der Waals surface area (Å²) in [4.78, 5) is 11.8. The molecule has 0 aliphatic heterocycles. The molecule has 0 spiro atoms. The fourth-order valence-corrected chi connectivity index (χ4v) is 3.04. The first-order chi connectivity index (χ1) is 11.8. The molecule has 142 valence electrons. The molecule has 1 amide bonds. The van der Waals surface area contributed by atoms with Gasteiger partial charge >= 0.3 is 6.09 Å². The highest BCUT2D eigenvalue weighted by Gasteiger charge is 2.28. The van der Waals surface area contributed by atoms with Crippen LogP contribution in [0.3, 0.4) is 0 Å². The molecule has 5 heteroatoms. The summed E-state index contributed by atoms with van der Waals surface area (Å²) in [6, 6.07) is 16.5. The number of hydrogen-bond donors (Lipinski definition) is 2. The van der Waals surface area contributed by atoms with E-state index in [1.54, 1.807) is 0 Å². The van der Waals surface area contributed by atoms with Gasteiger partial charge in [0.1, 0.15) is 6.61 Å². The van der Waals surface area contributed by atoms with E-state index < -0.39 is 6.09 Å². The van der Waals surface area contributed by atoms with Crippen LogP contribution in [0.1, 0.15) is 31.9 Å². The largest absolute Gasteiger partial charge is 0.449 e. The number of fused-ring (bicyclic) bond motifs is 3. The maximum absolute atomic E-state index is 11.8. The summed E-state index contributed by atoms with van der Waals surface area (Å²) in [5.74, 6) is 0.0637. The van der Waals surface area contributed by atoms with Gasteiger partial charge in [0, 0.05) is 12.5 Å². The molecule has 0 unspecified atom stereocenters. The van der Waals surface area contributed by atoms with Crippen molar-refractivity contribution in [1.29, 1.82) is 0 Å². The minimum Gasteiger partial charge on any atom is -0.449 e. The van der Waals surface area contributed by atoms with Gasteiger partial charge in [0.2, 0.25) is 0 Å².